The maximum atomic E-state index is 5.72. The van der Waals surface area contributed by atoms with Gasteiger partial charge in [0.2, 0.25) is 0 Å². The Bertz CT molecular complexity index is 2800. The van der Waals surface area contributed by atoms with Gasteiger partial charge in [0.05, 0.1) is 5.70 Å². The second-order valence-corrected chi connectivity index (χ2v) is 15.0. The molecule has 0 spiro atoms. The van der Waals surface area contributed by atoms with Crippen LogP contribution in [0.5, 0.6) is 0 Å². The maximum Gasteiger partial charge on any atom is 0.0671 e. The van der Waals surface area contributed by atoms with Gasteiger partial charge < -0.3 is 0 Å². The first kappa shape index (κ1) is 35.2. The molecule has 1 nitrogen and oxygen atoms in total. The van der Waals surface area contributed by atoms with E-state index in [9.17, 15) is 0 Å². The first-order valence-corrected chi connectivity index (χ1v) is 19.9. The van der Waals surface area contributed by atoms with Gasteiger partial charge in [-0.05, 0) is 128 Å². The summed E-state index contributed by atoms with van der Waals surface area (Å²) in [6.07, 6.45) is 8.18. The first-order valence-electron chi connectivity index (χ1n) is 19.9. The third kappa shape index (κ3) is 7.17. The molecule has 0 saturated carbocycles. The Morgan fingerprint density at radius 1 is 0.554 bits per heavy atom. The van der Waals surface area contributed by atoms with Gasteiger partial charge in [-0.2, -0.15) is 0 Å². The van der Waals surface area contributed by atoms with Gasteiger partial charge >= 0.3 is 0 Å². The van der Waals surface area contributed by atoms with E-state index in [0.29, 0.717) is 0 Å². The van der Waals surface area contributed by atoms with Crippen molar-refractivity contribution in [1.82, 2.24) is 0 Å². The van der Waals surface area contributed by atoms with Crippen LogP contribution in [-0.4, -0.2) is 5.71 Å². The highest BCUT2D eigenvalue weighted by Crippen LogP contribution is 2.46. The molecule has 0 aromatic heterocycles. The average Bonchev–Trinajstić information content (AvgIpc) is 3.64. The largest absolute Gasteiger partial charge is 0.253 e. The van der Waals surface area contributed by atoms with Crippen molar-refractivity contribution in [2.75, 3.05) is 0 Å². The summed E-state index contributed by atoms with van der Waals surface area (Å²) in [4.78, 5) is 5.72. The van der Waals surface area contributed by atoms with Gasteiger partial charge in [-0.3, -0.25) is 4.99 Å². The lowest BCUT2D eigenvalue weighted by Crippen LogP contribution is -2.04. The van der Waals surface area contributed by atoms with Crippen molar-refractivity contribution in [2.24, 2.45) is 4.99 Å². The van der Waals surface area contributed by atoms with Crippen LogP contribution in [-0.2, 0) is 6.42 Å². The highest BCUT2D eigenvalue weighted by Gasteiger charge is 2.26. The molecule has 270 valence electrons. The minimum atomic E-state index is 0.827. The smallest absolute Gasteiger partial charge is 0.0671 e. The molecular weight excluding hydrogens is 675 g/mol. The van der Waals surface area contributed by atoms with Crippen LogP contribution in [0, 0.1) is 0 Å². The molecule has 0 heterocycles. The molecule has 0 atom stereocenters. The molecule has 8 aromatic rings. The maximum absolute atomic E-state index is 5.72. The lowest BCUT2D eigenvalue weighted by Gasteiger charge is -2.17. The van der Waals surface area contributed by atoms with E-state index in [-0.39, 0.29) is 0 Å². The molecule has 0 aliphatic heterocycles. The van der Waals surface area contributed by atoms with Crippen molar-refractivity contribution in [1.29, 1.82) is 0 Å². The van der Waals surface area contributed by atoms with E-state index < -0.39 is 0 Å². The van der Waals surface area contributed by atoms with Gasteiger partial charge in [0.1, 0.15) is 0 Å². The molecule has 0 unspecified atom stereocenters. The van der Waals surface area contributed by atoms with E-state index in [1.54, 1.807) is 0 Å². The Balaban J connectivity index is 1.18. The number of allylic oxidation sites excluding steroid dienone is 2. The molecule has 0 fully saturated rings. The van der Waals surface area contributed by atoms with E-state index in [1.807, 2.05) is 0 Å². The Kier molecular flexibility index (Phi) is 9.82. The van der Waals surface area contributed by atoms with Crippen molar-refractivity contribution in [3.63, 3.8) is 0 Å². The lowest BCUT2D eigenvalue weighted by molar-refractivity contribution is 1.02. The second kappa shape index (κ2) is 15.7. The summed E-state index contributed by atoms with van der Waals surface area (Å²) >= 11 is 0. The number of benzene rings is 8. The fraction of sp³-hybridized carbons (Fsp3) is 0.109. The Hall–Kier alpha value is -6.57. The van der Waals surface area contributed by atoms with Gasteiger partial charge in [-0.1, -0.05) is 182 Å². The van der Waals surface area contributed by atoms with E-state index >= 15 is 0 Å². The molecule has 56 heavy (non-hydrogen) atoms. The summed E-state index contributed by atoms with van der Waals surface area (Å²) in [6.45, 7) is 4.47. The Morgan fingerprint density at radius 3 is 2.05 bits per heavy atom. The molecule has 0 bridgehead atoms. The zero-order valence-electron chi connectivity index (χ0n) is 32.2. The molecule has 1 aliphatic rings. The molecule has 9 rings (SSSR count). The summed E-state index contributed by atoms with van der Waals surface area (Å²) in [5.74, 6) is 0. The highest BCUT2D eigenvalue weighted by atomic mass is 14.8. The molecule has 8 aromatic carbocycles. The molecule has 1 heteroatoms. The zero-order chi connectivity index (χ0) is 37.8. The standard InChI is InChI=1S/C55H45N/c1-3-14-54(51-31-30-49(46-28-25-41-19-10-11-20-43(41)34-46)52-37-45-21-12-13-22-50(45)55(51)52)56-53(32-23-38(2)33-39-15-6-4-7-16-39)47-29-26-42-24-27-44(35-48(42)36-47)40-17-8-5-9-18-40/h4-22,24-31,33-36H,3,23,32,37H2,1-2H3/b38-33-,54-14+,56-53+. The van der Waals surface area contributed by atoms with Crippen LogP contribution in [0.25, 0.3) is 66.7 Å². The molecule has 0 N–H and O–H groups in total. The molecular formula is C55H45N. The molecule has 1 aliphatic carbocycles. The molecule has 0 amide bonds. The van der Waals surface area contributed by atoms with Gasteiger partial charge in [0.15, 0.2) is 0 Å². The Morgan fingerprint density at radius 2 is 1.23 bits per heavy atom. The second-order valence-electron chi connectivity index (χ2n) is 15.0. The average molecular weight is 720 g/mol. The SMILES string of the molecule is CC/C=C(/N=C(\CC/C(C)=C\c1ccccc1)c1ccc2ccc(-c3ccccc3)cc2c1)c1ccc(-c2ccc3ccccc3c2)c2c1-c1ccccc1C2. The minimum absolute atomic E-state index is 0.827. The van der Waals surface area contributed by atoms with Crippen molar-refractivity contribution in [3.8, 4) is 33.4 Å². The third-order valence-electron chi connectivity index (χ3n) is 11.2. The van der Waals surface area contributed by atoms with Gasteiger partial charge in [-0.15, -0.1) is 0 Å². The highest BCUT2D eigenvalue weighted by molar-refractivity contribution is 6.07. The summed E-state index contributed by atoms with van der Waals surface area (Å²) in [7, 11) is 0. The van der Waals surface area contributed by atoms with E-state index in [2.05, 4.69) is 202 Å². The van der Waals surface area contributed by atoms with Crippen molar-refractivity contribution < 1.29 is 0 Å². The van der Waals surface area contributed by atoms with Crippen LogP contribution in [0.15, 0.2) is 193 Å². The number of hydrogen-bond acceptors (Lipinski definition) is 1. The van der Waals surface area contributed by atoms with Gasteiger partial charge in [-0.25, -0.2) is 0 Å². The molecule has 0 saturated heterocycles. The van der Waals surface area contributed by atoms with Crippen LogP contribution in [0.2, 0.25) is 0 Å². The summed E-state index contributed by atoms with van der Waals surface area (Å²) in [5, 5.41) is 4.99. The van der Waals surface area contributed by atoms with Crippen molar-refractivity contribution in [2.45, 2.75) is 39.5 Å². The Labute approximate surface area is 331 Å². The van der Waals surface area contributed by atoms with Crippen LogP contribution in [0.4, 0.5) is 0 Å². The van der Waals surface area contributed by atoms with Crippen LogP contribution < -0.4 is 0 Å². The normalized spacial score (nSPS) is 12.9. The minimum Gasteiger partial charge on any atom is -0.253 e. The summed E-state index contributed by atoms with van der Waals surface area (Å²) in [5.41, 5.74) is 17.5. The first-order chi connectivity index (χ1) is 27.6. The topological polar surface area (TPSA) is 12.4 Å². The van der Waals surface area contributed by atoms with E-state index in [4.69, 9.17) is 4.99 Å². The van der Waals surface area contributed by atoms with Gasteiger partial charge in [0, 0.05) is 11.3 Å². The number of nitrogens with zero attached hydrogens (tertiary/aromatic N) is 1. The third-order valence-corrected chi connectivity index (χ3v) is 11.2. The number of fused-ring (bicyclic) bond motifs is 5. The molecule has 0 radical (unpaired) electrons. The van der Waals surface area contributed by atoms with E-state index in [0.717, 1.165) is 37.1 Å². The predicted octanol–water partition coefficient (Wildman–Crippen LogP) is 15.0. The number of hydrogen-bond donors (Lipinski definition) is 0. The van der Waals surface area contributed by atoms with Crippen molar-refractivity contribution in [3.05, 3.63) is 215 Å². The van der Waals surface area contributed by atoms with E-state index in [1.165, 1.54) is 88.3 Å². The van der Waals surface area contributed by atoms with Crippen LogP contribution in [0.3, 0.4) is 0 Å². The lowest BCUT2D eigenvalue weighted by atomic mass is 9.89. The van der Waals surface area contributed by atoms with Gasteiger partial charge in [0.25, 0.3) is 0 Å². The van der Waals surface area contributed by atoms with Crippen LogP contribution in [0.1, 0.15) is 60.9 Å². The number of rotatable bonds is 10. The monoisotopic (exact) mass is 719 g/mol. The van der Waals surface area contributed by atoms with Crippen molar-refractivity contribution >= 4 is 39.0 Å². The predicted molar refractivity (Wildman–Crippen MR) is 241 cm³/mol. The summed E-state index contributed by atoms with van der Waals surface area (Å²) < 4.78 is 0. The zero-order valence-corrected chi connectivity index (χ0v) is 32.2. The summed E-state index contributed by atoms with van der Waals surface area (Å²) in [6, 6.07) is 64.1. The quantitative estimate of drug-likeness (QED) is 0.125. The fourth-order valence-electron chi connectivity index (χ4n) is 8.37. The fourth-order valence-corrected chi connectivity index (χ4v) is 8.37. The number of aliphatic imine (C=N–C) groups is 1. The van der Waals surface area contributed by atoms with Crippen LogP contribution >= 0.6 is 0 Å².